The van der Waals surface area contributed by atoms with Gasteiger partial charge in [-0.3, -0.25) is 4.79 Å². The van der Waals surface area contributed by atoms with Gasteiger partial charge < -0.3 is 19.7 Å². The highest BCUT2D eigenvalue weighted by atomic mass is 35.5. The first-order valence-electron chi connectivity index (χ1n) is 10.6. The van der Waals surface area contributed by atoms with Crippen LogP contribution < -0.4 is 14.8 Å². The molecule has 0 atom stereocenters. The second-order valence-corrected chi connectivity index (χ2v) is 7.92. The standard InChI is InChI=1S/C23H24ClFN4O3/c24-16-5-8-20(19(25)12-16)28-15-32-23-18-7-6-17(13-21(18)26-14-27-23)31-11-3-4-22(30)29-9-1-2-10-29/h5-8,12-14,28H,1-4,9-11,15H2. The second-order valence-electron chi connectivity index (χ2n) is 7.49. The van der Waals surface area contributed by atoms with Gasteiger partial charge in [-0.05, 0) is 49.6 Å². The molecule has 1 saturated heterocycles. The van der Waals surface area contributed by atoms with Crippen molar-refractivity contribution in [3.8, 4) is 11.6 Å². The van der Waals surface area contributed by atoms with E-state index in [1.807, 2.05) is 17.0 Å². The maximum atomic E-state index is 13.9. The van der Waals surface area contributed by atoms with Gasteiger partial charge in [-0.15, -0.1) is 0 Å². The van der Waals surface area contributed by atoms with Gasteiger partial charge >= 0.3 is 0 Å². The van der Waals surface area contributed by atoms with Gasteiger partial charge in [-0.25, -0.2) is 14.4 Å². The third-order valence-electron chi connectivity index (χ3n) is 5.24. The Bertz CT molecular complexity index is 1090. The Labute approximate surface area is 190 Å². The molecule has 9 heteroatoms. The molecule has 32 heavy (non-hydrogen) atoms. The van der Waals surface area contributed by atoms with Crippen molar-refractivity contribution < 1.29 is 18.7 Å². The zero-order chi connectivity index (χ0) is 22.3. The number of aromatic nitrogens is 2. The zero-order valence-electron chi connectivity index (χ0n) is 17.5. The molecule has 0 spiro atoms. The Morgan fingerprint density at radius 1 is 1.12 bits per heavy atom. The van der Waals surface area contributed by atoms with E-state index in [0.29, 0.717) is 47.0 Å². The van der Waals surface area contributed by atoms with Crippen LogP contribution in [0.4, 0.5) is 10.1 Å². The molecule has 0 radical (unpaired) electrons. The van der Waals surface area contributed by atoms with Crippen molar-refractivity contribution in [3.05, 3.63) is 53.6 Å². The van der Waals surface area contributed by atoms with Gasteiger partial charge in [0.1, 0.15) is 17.9 Å². The fourth-order valence-corrected chi connectivity index (χ4v) is 3.73. The van der Waals surface area contributed by atoms with Gasteiger partial charge in [0.25, 0.3) is 0 Å². The van der Waals surface area contributed by atoms with Gasteiger partial charge in [-0.2, -0.15) is 0 Å². The molecule has 0 saturated carbocycles. The number of rotatable bonds is 9. The number of ether oxygens (including phenoxy) is 2. The van der Waals surface area contributed by atoms with Crippen molar-refractivity contribution in [2.45, 2.75) is 25.7 Å². The van der Waals surface area contributed by atoms with E-state index in [4.69, 9.17) is 21.1 Å². The van der Waals surface area contributed by atoms with Gasteiger partial charge in [-0.1, -0.05) is 11.6 Å². The summed E-state index contributed by atoms with van der Waals surface area (Å²) in [5.41, 5.74) is 0.949. The van der Waals surface area contributed by atoms with Crippen LogP contribution in [-0.4, -0.2) is 47.2 Å². The van der Waals surface area contributed by atoms with Crippen molar-refractivity contribution in [2.75, 3.05) is 31.7 Å². The first kappa shape index (κ1) is 22.1. The second kappa shape index (κ2) is 10.5. The van der Waals surface area contributed by atoms with E-state index in [-0.39, 0.29) is 18.3 Å². The highest BCUT2D eigenvalue weighted by molar-refractivity contribution is 6.30. The Morgan fingerprint density at radius 2 is 1.97 bits per heavy atom. The van der Waals surface area contributed by atoms with E-state index < -0.39 is 5.82 Å². The van der Waals surface area contributed by atoms with E-state index in [1.54, 1.807) is 18.2 Å². The van der Waals surface area contributed by atoms with Gasteiger partial charge in [0, 0.05) is 30.6 Å². The van der Waals surface area contributed by atoms with Crippen LogP contribution in [0.25, 0.3) is 10.9 Å². The minimum atomic E-state index is -0.461. The molecule has 2 aromatic carbocycles. The summed E-state index contributed by atoms with van der Waals surface area (Å²) in [5, 5.41) is 3.89. The molecule has 7 nitrogen and oxygen atoms in total. The lowest BCUT2D eigenvalue weighted by Crippen LogP contribution is -2.27. The van der Waals surface area contributed by atoms with Crippen molar-refractivity contribution in [2.24, 2.45) is 0 Å². The largest absolute Gasteiger partial charge is 0.494 e. The minimum Gasteiger partial charge on any atom is -0.494 e. The van der Waals surface area contributed by atoms with Crippen LogP contribution in [0.5, 0.6) is 11.6 Å². The van der Waals surface area contributed by atoms with E-state index in [2.05, 4.69) is 15.3 Å². The fraction of sp³-hybridized carbons (Fsp3) is 0.348. The topological polar surface area (TPSA) is 76.6 Å². The van der Waals surface area contributed by atoms with Gasteiger partial charge in [0.05, 0.1) is 23.2 Å². The number of carbonyl (C=O) groups excluding carboxylic acids is 1. The Kier molecular flexibility index (Phi) is 7.21. The summed E-state index contributed by atoms with van der Waals surface area (Å²) >= 11 is 5.76. The molecule has 4 rings (SSSR count). The van der Waals surface area contributed by atoms with Crippen LogP contribution >= 0.6 is 11.6 Å². The first-order valence-corrected chi connectivity index (χ1v) is 10.9. The summed E-state index contributed by atoms with van der Waals surface area (Å²) in [5.74, 6) is 0.778. The molecule has 2 heterocycles. The number of carbonyl (C=O) groups is 1. The predicted molar refractivity (Wildman–Crippen MR) is 121 cm³/mol. The van der Waals surface area contributed by atoms with E-state index >= 15 is 0 Å². The molecular formula is C23H24ClFN4O3. The SMILES string of the molecule is O=C(CCCOc1ccc2c(OCNc3ccc(Cl)cc3F)ncnc2c1)N1CCCC1. The number of nitrogens with zero attached hydrogens (tertiary/aromatic N) is 3. The molecule has 1 fully saturated rings. The summed E-state index contributed by atoms with van der Waals surface area (Å²) in [6, 6.07) is 9.80. The fourth-order valence-electron chi connectivity index (χ4n) is 3.57. The van der Waals surface area contributed by atoms with Crippen LogP contribution in [0, 0.1) is 5.82 Å². The molecule has 0 bridgehead atoms. The molecule has 1 amide bonds. The zero-order valence-corrected chi connectivity index (χ0v) is 18.3. The van der Waals surface area contributed by atoms with Crippen LogP contribution in [0.1, 0.15) is 25.7 Å². The lowest BCUT2D eigenvalue weighted by atomic mass is 10.2. The van der Waals surface area contributed by atoms with Crippen LogP contribution in [0.15, 0.2) is 42.7 Å². The number of fused-ring (bicyclic) bond motifs is 1. The molecule has 168 valence electrons. The Balaban J connectivity index is 1.30. The summed E-state index contributed by atoms with van der Waals surface area (Å²) in [7, 11) is 0. The van der Waals surface area contributed by atoms with Crippen molar-refractivity contribution in [1.82, 2.24) is 14.9 Å². The molecular weight excluding hydrogens is 435 g/mol. The number of benzene rings is 2. The third-order valence-corrected chi connectivity index (χ3v) is 5.47. The van der Waals surface area contributed by atoms with Gasteiger partial charge in [0.15, 0.2) is 6.73 Å². The number of hydrogen-bond acceptors (Lipinski definition) is 6. The van der Waals surface area contributed by atoms with Crippen LogP contribution in [0.2, 0.25) is 5.02 Å². The molecule has 0 unspecified atom stereocenters. The summed E-state index contributed by atoms with van der Waals surface area (Å²) < 4.78 is 25.3. The summed E-state index contributed by atoms with van der Waals surface area (Å²) in [4.78, 5) is 22.4. The number of nitrogens with one attached hydrogen (secondary N) is 1. The van der Waals surface area contributed by atoms with E-state index in [1.165, 1.54) is 12.4 Å². The summed E-state index contributed by atoms with van der Waals surface area (Å²) in [6.45, 7) is 2.22. The molecule has 1 aliphatic heterocycles. The summed E-state index contributed by atoms with van der Waals surface area (Å²) in [6.07, 6.45) is 4.76. The number of halogens is 2. The van der Waals surface area contributed by atoms with E-state index in [0.717, 1.165) is 25.9 Å². The molecule has 3 aromatic rings. The van der Waals surface area contributed by atoms with Crippen molar-refractivity contribution >= 4 is 34.1 Å². The molecule has 0 aliphatic carbocycles. The average molecular weight is 459 g/mol. The van der Waals surface area contributed by atoms with Crippen LogP contribution in [-0.2, 0) is 4.79 Å². The van der Waals surface area contributed by atoms with E-state index in [9.17, 15) is 9.18 Å². The third kappa shape index (κ3) is 5.56. The average Bonchev–Trinajstić information content (AvgIpc) is 3.33. The molecule has 1 aromatic heterocycles. The number of hydrogen-bond donors (Lipinski definition) is 1. The maximum Gasteiger partial charge on any atom is 0.226 e. The lowest BCUT2D eigenvalue weighted by Gasteiger charge is -2.15. The number of amides is 1. The molecule has 1 N–H and O–H groups in total. The molecule has 1 aliphatic rings. The lowest BCUT2D eigenvalue weighted by molar-refractivity contribution is -0.130. The Hall–Kier alpha value is -3.13. The normalized spacial score (nSPS) is 13.4. The smallest absolute Gasteiger partial charge is 0.226 e. The monoisotopic (exact) mass is 458 g/mol. The van der Waals surface area contributed by atoms with Gasteiger partial charge in [0.2, 0.25) is 11.8 Å². The number of likely N-dealkylation sites (tertiary alicyclic amines) is 1. The highest BCUT2D eigenvalue weighted by Crippen LogP contribution is 2.26. The first-order chi connectivity index (χ1) is 15.6. The van der Waals surface area contributed by atoms with Crippen molar-refractivity contribution in [3.63, 3.8) is 0 Å². The number of anilines is 1. The Morgan fingerprint density at radius 3 is 2.78 bits per heavy atom. The van der Waals surface area contributed by atoms with Crippen molar-refractivity contribution in [1.29, 1.82) is 0 Å². The quantitative estimate of drug-likeness (QED) is 0.371. The highest BCUT2D eigenvalue weighted by Gasteiger charge is 2.17. The maximum absolute atomic E-state index is 13.9. The minimum absolute atomic E-state index is 0.0218. The predicted octanol–water partition coefficient (Wildman–Crippen LogP) is 4.65. The van der Waals surface area contributed by atoms with Crippen LogP contribution in [0.3, 0.4) is 0 Å².